The highest BCUT2D eigenvalue weighted by molar-refractivity contribution is 5.97. The predicted molar refractivity (Wildman–Crippen MR) is 107 cm³/mol. The molecule has 28 heavy (non-hydrogen) atoms. The van der Waals surface area contributed by atoms with Gasteiger partial charge in [-0.15, -0.1) is 0 Å². The highest BCUT2D eigenvalue weighted by Gasteiger charge is 2.53. The van der Waals surface area contributed by atoms with Crippen molar-refractivity contribution in [2.75, 3.05) is 20.2 Å². The summed E-state index contributed by atoms with van der Waals surface area (Å²) < 4.78 is 6.04. The van der Waals surface area contributed by atoms with Crippen LogP contribution >= 0.6 is 0 Å². The van der Waals surface area contributed by atoms with E-state index < -0.39 is 0 Å². The third-order valence-corrected chi connectivity index (χ3v) is 6.40. The quantitative estimate of drug-likeness (QED) is 0.657. The molecule has 1 fully saturated rings. The molecule has 0 saturated carbocycles. The van der Waals surface area contributed by atoms with Gasteiger partial charge in [-0.3, -0.25) is 4.79 Å². The third kappa shape index (κ3) is 2.56. The molecule has 2 heterocycles. The fourth-order valence-corrected chi connectivity index (χ4v) is 5.10. The summed E-state index contributed by atoms with van der Waals surface area (Å²) in [7, 11) is 1.76. The van der Waals surface area contributed by atoms with Gasteiger partial charge in [0, 0.05) is 18.1 Å². The van der Waals surface area contributed by atoms with E-state index in [9.17, 15) is 4.79 Å². The summed E-state index contributed by atoms with van der Waals surface area (Å²) in [5, 5.41) is 6.72. The van der Waals surface area contributed by atoms with E-state index >= 15 is 0 Å². The van der Waals surface area contributed by atoms with Gasteiger partial charge in [-0.1, -0.05) is 24.3 Å². The van der Waals surface area contributed by atoms with Crippen LogP contribution in [0.15, 0.2) is 48.8 Å². The Kier molecular flexibility index (Phi) is 4.18. The van der Waals surface area contributed by atoms with Crippen LogP contribution in [0, 0.1) is 0 Å². The van der Waals surface area contributed by atoms with Gasteiger partial charge in [-0.05, 0) is 55.3 Å². The number of nitrogens with one attached hydrogen (secondary N) is 3. The van der Waals surface area contributed by atoms with Crippen molar-refractivity contribution in [1.82, 2.24) is 20.6 Å². The van der Waals surface area contributed by atoms with Gasteiger partial charge >= 0.3 is 0 Å². The fraction of sp³-hybridized carbons (Fsp3) is 0.364. The summed E-state index contributed by atoms with van der Waals surface area (Å²) in [5.41, 5.74) is 4.77. The van der Waals surface area contributed by atoms with Crippen LogP contribution in [-0.2, 0) is 10.2 Å². The zero-order valence-electron chi connectivity index (χ0n) is 15.9. The number of rotatable bonds is 3. The SMILES string of the molecule is CO[C@H]1[C@H](NC(=O)c2ccc3nc[nH]c3c2)c2ccccc2C12CCNCC2. The molecule has 1 spiro atoms. The zero-order valence-corrected chi connectivity index (χ0v) is 15.9. The van der Waals surface area contributed by atoms with Crippen LogP contribution in [0.3, 0.4) is 0 Å². The number of benzene rings is 2. The maximum Gasteiger partial charge on any atom is 0.251 e. The smallest absolute Gasteiger partial charge is 0.251 e. The van der Waals surface area contributed by atoms with Gasteiger partial charge in [0.1, 0.15) is 0 Å². The molecule has 5 rings (SSSR count). The van der Waals surface area contributed by atoms with E-state index in [1.807, 2.05) is 24.3 Å². The highest BCUT2D eigenvalue weighted by Crippen LogP contribution is 2.51. The number of H-pyrrole nitrogens is 1. The number of methoxy groups -OCH3 is 1. The molecule has 6 nitrogen and oxygen atoms in total. The number of hydrogen-bond acceptors (Lipinski definition) is 4. The lowest BCUT2D eigenvalue weighted by molar-refractivity contribution is 0.00397. The first-order valence-corrected chi connectivity index (χ1v) is 9.80. The lowest BCUT2D eigenvalue weighted by Gasteiger charge is -2.40. The Balaban J connectivity index is 1.50. The van der Waals surface area contributed by atoms with Crippen LogP contribution in [0.25, 0.3) is 11.0 Å². The van der Waals surface area contributed by atoms with Crippen LogP contribution in [-0.4, -0.2) is 42.2 Å². The number of imidazole rings is 1. The molecular formula is C22H24N4O2. The first-order valence-electron chi connectivity index (χ1n) is 9.80. The standard InChI is InChI=1S/C22H24N4O2/c1-28-20-19(26-21(27)14-6-7-17-18(12-14)25-13-24-17)15-4-2-3-5-16(15)22(20)8-10-23-11-9-22/h2-7,12-13,19-20,23H,8-11H2,1H3,(H,24,25)(H,26,27)/t19-,20+/m1/s1. The van der Waals surface area contributed by atoms with Gasteiger partial charge in [0.15, 0.2) is 0 Å². The van der Waals surface area contributed by atoms with Gasteiger partial charge in [0.05, 0.1) is 29.5 Å². The Morgan fingerprint density at radius 3 is 2.86 bits per heavy atom. The molecule has 2 aliphatic rings. The Labute approximate surface area is 163 Å². The van der Waals surface area contributed by atoms with Gasteiger partial charge in [0.2, 0.25) is 0 Å². The number of ether oxygens (including phenoxy) is 1. The molecule has 1 aromatic heterocycles. The third-order valence-electron chi connectivity index (χ3n) is 6.40. The number of fused-ring (bicyclic) bond motifs is 3. The Hall–Kier alpha value is -2.70. The van der Waals surface area contributed by atoms with Gasteiger partial charge in [0.25, 0.3) is 5.91 Å². The first kappa shape index (κ1) is 17.4. The fourth-order valence-electron chi connectivity index (χ4n) is 5.10. The van der Waals surface area contributed by atoms with E-state index in [-0.39, 0.29) is 23.5 Å². The van der Waals surface area contributed by atoms with Crippen molar-refractivity contribution >= 4 is 16.9 Å². The molecule has 144 valence electrons. The van der Waals surface area contributed by atoms with E-state index in [2.05, 4.69) is 38.8 Å². The minimum absolute atomic E-state index is 0.0537. The van der Waals surface area contributed by atoms with Crippen molar-refractivity contribution in [2.24, 2.45) is 0 Å². The molecule has 1 saturated heterocycles. The minimum atomic E-state index is -0.163. The normalized spacial score (nSPS) is 23.0. The number of hydrogen-bond donors (Lipinski definition) is 3. The van der Waals surface area contributed by atoms with E-state index in [1.54, 1.807) is 13.4 Å². The molecule has 2 aromatic carbocycles. The molecule has 2 atom stereocenters. The van der Waals surface area contributed by atoms with Crippen LogP contribution in [0.1, 0.15) is 40.4 Å². The topological polar surface area (TPSA) is 79.0 Å². The summed E-state index contributed by atoms with van der Waals surface area (Å²) in [6.07, 6.45) is 3.58. The number of aromatic nitrogens is 2. The average molecular weight is 376 g/mol. The van der Waals surface area contributed by atoms with E-state index in [4.69, 9.17) is 4.74 Å². The second-order valence-electron chi connectivity index (χ2n) is 7.74. The maximum absolute atomic E-state index is 13.1. The molecule has 0 bridgehead atoms. The van der Waals surface area contributed by atoms with Crippen molar-refractivity contribution < 1.29 is 9.53 Å². The number of carbonyl (C=O) groups excluding carboxylic acids is 1. The number of carbonyl (C=O) groups is 1. The van der Waals surface area contributed by atoms with Crippen LogP contribution in [0.4, 0.5) is 0 Å². The first-order chi connectivity index (χ1) is 13.7. The molecule has 3 aromatic rings. The molecule has 0 radical (unpaired) electrons. The Morgan fingerprint density at radius 2 is 2.04 bits per heavy atom. The summed E-state index contributed by atoms with van der Waals surface area (Å²) in [6, 6.07) is 13.8. The Bertz CT molecular complexity index is 1020. The second kappa shape index (κ2) is 6.72. The lowest BCUT2D eigenvalue weighted by Crippen LogP contribution is -2.49. The molecule has 1 aliphatic heterocycles. The van der Waals surface area contributed by atoms with Crippen molar-refractivity contribution in [2.45, 2.75) is 30.4 Å². The molecule has 0 unspecified atom stereocenters. The molecular weight excluding hydrogens is 352 g/mol. The van der Waals surface area contributed by atoms with E-state index in [1.165, 1.54) is 11.1 Å². The molecule has 3 N–H and O–H groups in total. The van der Waals surface area contributed by atoms with Crippen molar-refractivity contribution in [3.05, 3.63) is 65.5 Å². The maximum atomic E-state index is 13.1. The van der Waals surface area contributed by atoms with Crippen LogP contribution in [0.2, 0.25) is 0 Å². The number of nitrogens with zero attached hydrogens (tertiary/aromatic N) is 1. The van der Waals surface area contributed by atoms with E-state index in [0.29, 0.717) is 5.56 Å². The number of aromatic amines is 1. The van der Waals surface area contributed by atoms with Crippen LogP contribution in [0.5, 0.6) is 0 Å². The Morgan fingerprint density at radius 1 is 1.21 bits per heavy atom. The monoisotopic (exact) mass is 376 g/mol. The lowest BCUT2D eigenvalue weighted by atomic mass is 9.72. The number of amides is 1. The summed E-state index contributed by atoms with van der Waals surface area (Å²) >= 11 is 0. The van der Waals surface area contributed by atoms with Crippen molar-refractivity contribution in [3.8, 4) is 0 Å². The van der Waals surface area contributed by atoms with Gasteiger partial charge in [-0.25, -0.2) is 4.98 Å². The van der Waals surface area contributed by atoms with Crippen molar-refractivity contribution in [3.63, 3.8) is 0 Å². The zero-order chi connectivity index (χ0) is 19.1. The summed E-state index contributed by atoms with van der Waals surface area (Å²) in [5.74, 6) is -0.0932. The van der Waals surface area contributed by atoms with Crippen LogP contribution < -0.4 is 10.6 Å². The summed E-state index contributed by atoms with van der Waals surface area (Å²) in [4.78, 5) is 20.4. The molecule has 6 heteroatoms. The second-order valence-corrected chi connectivity index (χ2v) is 7.74. The minimum Gasteiger partial charge on any atom is -0.378 e. The summed E-state index contributed by atoms with van der Waals surface area (Å²) in [6.45, 7) is 1.93. The van der Waals surface area contributed by atoms with E-state index in [0.717, 1.165) is 37.0 Å². The highest BCUT2D eigenvalue weighted by atomic mass is 16.5. The molecule has 1 aliphatic carbocycles. The number of piperidine rings is 1. The average Bonchev–Trinajstić information content (AvgIpc) is 3.30. The van der Waals surface area contributed by atoms with Gasteiger partial charge in [-0.2, -0.15) is 0 Å². The molecule has 1 amide bonds. The van der Waals surface area contributed by atoms with Crippen molar-refractivity contribution in [1.29, 1.82) is 0 Å². The largest absolute Gasteiger partial charge is 0.378 e. The predicted octanol–water partition coefficient (Wildman–Crippen LogP) is 2.68. The van der Waals surface area contributed by atoms with Gasteiger partial charge < -0.3 is 20.4 Å².